The van der Waals surface area contributed by atoms with Crippen LogP contribution in [0.4, 0.5) is 13.2 Å². The molecule has 2 aliphatic rings. The SMILES string of the molecule is CCN=C(NC1CCC1)NC1CCCC(C(F)(F)F)C1. The minimum absolute atomic E-state index is 0.117. The van der Waals surface area contributed by atoms with E-state index in [0.29, 0.717) is 25.0 Å². The maximum absolute atomic E-state index is 12.8. The fraction of sp³-hybridized carbons (Fsp3) is 0.929. The fourth-order valence-electron chi connectivity index (χ4n) is 2.85. The van der Waals surface area contributed by atoms with Crippen LogP contribution in [0.2, 0.25) is 0 Å². The molecule has 0 radical (unpaired) electrons. The van der Waals surface area contributed by atoms with Crippen LogP contribution in [-0.2, 0) is 0 Å². The molecule has 6 heteroatoms. The predicted molar refractivity (Wildman–Crippen MR) is 73.7 cm³/mol. The van der Waals surface area contributed by atoms with Crippen molar-refractivity contribution >= 4 is 5.96 Å². The Labute approximate surface area is 118 Å². The zero-order chi connectivity index (χ0) is 14.6. The molecule has 2 saturated carbocycles. The zero-order valence-electron chi connectivity index (χ0n) is 12.0. The molecule has 20 heavy (non-hydrogen) atoms. The van der Waals surface area contributed by atoms with Crippen LogP contribution in [0.15, 0.2) is 4.99 Å². The van der Waals surface area contributed by atoms with Crippen LogP contribution in [0.3, 0.4) is 0 Å². The van der Waals surface area contributed by atoms with Gasteiger partial charge in [-0.15, -0.1) is 0 Å². The number of halogens is 3. The van der Waals surface area contributed by atoms with Crippen LogP contribution < -0.4 is 10.6 Å². The molecule has 0 aromatic heterocycles. The minimum atomic E-state index is -4.07. The number of hydrogen-bond donors (Lipinski definition) is 2. The Balaban J connectivity index is 1.87. The topological polar surface area (TPSA) is 36.4 Å². The lowest BCUT2D eigenvalue weighted by Crippen LogP contribution is -2.51. The van der Waals surface area contributed by atoms with Crippen molar-refractivity contribution in [3.8, 4) is 0 Å². The van der Waals surface area contributed by atoms with Crippen LogP contribution in [0.25, 0.3) is 0 Å². The van der Waals surface area contributed by atoms with Crippen molar-refractivity contribution in [3.63, 3.8) is 0 Å². The highest BCUT2D eigenvalue weighted by molar-refractivity contribution is 5.80. The highest BCUT2D eigenvalue weighted by Crippen LogP contribution is 2.37. The molecule has 0 heterocycles. The third-order valence-electron chi connectivity index (χ3n) is 4.24. The van der Waals surface area contributed by atoms with E-state index >= 15 is 0 Å². The summed E-state index contributed by atoms with van der Waals surface area (Å²) >= 11 is 0. The first-order chi connectivity index (χ1) is 9.49. The third kappa shape index (κ3) is 4.28. The van der Waals surface area contributed by atoms with Crippen molar-refractivity contribution in [2.75, 3.05) is 6.54 Å². The smallest absolute Gasteiger partial charge is 0.354 e. The van der Waals surface area contributed by atoms with Gasteiger partial charge in [-0.25, -0.2) is 0 Å². The molecular weight excluding hydrogens is 267 g/mol. The van der Waals surface area contributed by atoms with Gasteiger partial charge in [0.1, 0.15) is 0 Å². The van der Waals surface area contributed by atoms with E-state index in [4.69, 9.17) is 0 Å². The first-order valence-electron chi connectivity index (χ1n) is 7.63. The molecule has 0 aromatic carbocycles. The van der Waals surface area contributed by atoms with Crippen molar-refractivity contribution in [1.29, 1.82) is 0 Å². The summed E-state index contributed by atoms with van der Waals surface area (Å²) in [6.45, 7) is 2.57. The molecule has 0 aromatic rings. The van der Waals surface area contributed by atoms with E-state index in [-0.39, 0.29) is 18.9 Å². The Bertz CT molecular complexity index is 337. The molecule has 116 valence electrons. The molecule has 0 saturated heterocycles. The Morgan fingerprint density at radius 2 is 1.65 bits per heavy atom. The molecule has 2 rings (SSSR count). The lowest BCUT2D eigenvalue weighted by Gasteiger charge is -2.34. The molecule has 0 amide bonds. The Morgan fingerprint density at radius 1 is 1.05 bits per heavy atom. The zero-order valence-corrected chi connectivity index (χ0v) is 12.0. The standard InChI is InChI=1S/C14H24F3N3/c1-2-18-13(19-11-6-4-7-11)20-12-8-3-5-10(9-12)14(15,16)17/h10-12H,2-9H2,1H3,(H2,18,19,20). The molecule has 2 atom stereocenters. The molecule has 2 unspecified atom stereocenters. The lowest BCUT2D eigenvalue weighted by atomic mass is 9.85. The van der Waals surface area contributed by atoms with Gasteiger partial charge in [0.05, 0.1) is 5.92 Å². The maximum Gasteiger partial charge on any atom is 0.391 e. The first kappa shape index (κ1) is 15.4. The van der Waals surface area contributed by atoms with E-state index in [1.807, 2.05) is 6.92 Å². The van der Waals surface area contributed by atoms with Gasteiger partial charge < -0.3 is 10.6 Å². The van der Waals surface area contributed by atoms with Gasteiger partial charge in [-0.1, -0.05) is 6.42 Å². The van der Waals surface area contributed by atoms with E-state index in [2.05, 4.69) is 15.6 Å². The number of nitrogens with one attached hydrogen (secondary N) is 2. The van der Waals surface area contributed by atoms with E-state index in [1.54, 1.807) is 0 Å². The molecule has 3 nitrogen and oxygen atoms in total. The molecular formula is C14H24F3N3. The summed E-state index contributed by atoms with van der Waals surface area (Å²) in [6.07, 6.45) is 1.25. The molecule has 2 N–H and O–H groups in total. The number of guanidine groups is 1. The maximum atomic E-state index is 12.8. The van der Waals surface area contributed by atoms with Crippen LogP contribution in [0, 0.1) is 5.92 Å². The lowest BCUT2D eigenvalue weighted by molar-refractivity contribution is -0.183. The van der Waals surface area contributed by atoms with Gasteiger partial charge in [0, 0.05) is 18.6 Å². The third-order valence-corrected chi connectivity index (χ3v) is 4.24. The van der Waals surface area contributed by atoms with Gasteiger partial charge in [-0.2, -0.15) is 13.2 Å². The monoisotopic (exact) mass is 291 g/mol. The second-order valence-corrected chi connectivity index (χ2v) is 5.84. The van der Waals surface area contributed by atoms with Crippen molar-refractivity contribution in [1.82, 2.24) is 10.6 Å². The summed E-state index contributed by atoms with van der Waals surface area (Å²) in [4.78, 5) is 4.34. The van der Waals surface area contributed by atoms with Crippen LogP contribution in [0.1, 0.15) is 51.9 Å². The second kappa shape index (κ2) is 6.68. The van der Waals surface area contributed by atoms with Crippen LogP contribution in [0.5, 0.6) is 0 Å². The van der Waals surface area contributed by atoms with E-state index in [1.165, 1.54) is 6.42 Å². The number of alkyl halides is 3. The minimum Gasteiger partial charge on any atom is -0.354 e. The summed E-state index contributed by atoms with van der Waals surface area (Å²) in [7, 11) is 0. The largest absolute Gasteiger partial charge is 0.391 e. The highest BCUT2D eigenvalue weighted by Gasteiger charge is 2.42. The summed E-state index contributed by atoms with van der Waals surface area (Å²) in [5.74, 6) is -0.481. The van der Waals surface area contributed by atoms with E-state index < -0.39 is 12.1 Å². The number of nitrogens with zero attached hydrogens (tertiary/aromatic N) is 1. The predicted octanol–water partition coefficient (Wildman–Crippen LogP) is 3.22. The van der Waals surface area contributed by atoms with Crippen molar-refractivity contribution in [2.45, 2.75) is 70.1 Å². The van der Waals surface area contributed by atoms with Crippen molar-refractivity contribution in [3.05, 3.63) is 0 Å². The summed E-state index contributed by atoms with van der Waals surface area (Å²) in [5.41, 5.74) is 0. The number of hydrogen-bond acceptors (Lipinski definition) is 1. The molecule has 2 fully saturated rings. The normalized spacial score (nSPS) is 28.9. The van der Waals surface area contributed by atoms with Crippen molar-refractivity contribution < 1.29 is 13.2 Å². The summed E-state index contributed by atoms with van der Waals surface area (Å²) in [6, 6.07) is 0.322. The fourth-order valence-corrected chi connectivity index (χ4v) is 2.85. The summed E-state index contributed by atoms with van der Waals surface area (Å²) in [5, 5.41) is 6.51. The molecule has 0 spiro atoms. The Morgan fingerprint density at radius 3 is 2.20 bits per heavy atom. The van der Waals surface area contributed by atoms with Gasteiger partial charge in [-0.3, -0.25) is 4.99 Å². The first-order valence-corrected chi connectivity index (χ1v) is 7.63. The average Bonchev–Trinajstić information content (AvgIpc) is 2.33. The van der Waals surface area contributed by atoms with E-state index in [0.717, 1.165) is 19.3 Å². The molecule has 0 aliphatic heterocycles. The molecule has 0 bridgehead atoms. The van der Waals surface area contributed by atoms with Gasteiger partial charge in [-0.05, 0) is 45.4 Å². The summed E-state index contributed by atoms with van der Waals surface area (Å²) < 4.78 is 38.4. The van der Waals surface area contributed by atoms with Gasteiger partial charge in [0.25, 0.3) is 0 Å². The highest BCUT2D eigenvalue weighted by atomic mass is 19.4. The number of rotatable bonds is 3. The quantitative estimate of drug-likeness (QED) is 0.619. The van der Waals surface area contributed by atoms with Gasteiger partial charge in [0.2, 0.25) is 0 Å². The Hall–Kier alpha value is -0.940. The van der Waals surface area contributed by atoms with Crippen LogP contribution in [-0.4, -0.2) is 30.8 Å². The number of aliphatic imine (C=N–C) groups is 1. The van der Waals surface area contributed by atoms with Gasteiger partial charge in [0.15, 0.2) is 5.96 Å². The second-order valence-electron chi connectivity index (χ2n) is 5.84. The average molecular weight is 291 g/mol. The van der Waals surface area contributed by atoms with Crippen LogP contribution >= 0.6 is 0 Å². The van der Waals surface area contributed by atoms with E-state index in [9.17, 15) is 13.2 Å². The van der Waals surface area contributed by atoms with Gasteiger partial charge >= 0.3 is 6.18 Å². The Kier molecular flexibility index (Phi) is 5.16. The van der Waals surface area contributed by atoms with Crippen molar-refractivity contribution in [2.24, 2.45) is 10.9 Å². The molecule has 2 aliphatic carbocycles.